The topological polar surface area (TPSA) is 41.9 Å². The lowest BCUT2D eigenvalue weighted by atomic mass is 10.1. The van der Waals surface area contributed by atoms with E-state index in [4.69, 9.17) is 23.8 Å². The van der Waals surface area contributed by atoms with E-state index in [0.717, 1.165) is 16.8 Å². The second kappa shape index (κ2) is 7.85. The van der Waals surface area contributed by atoms with Crippen LogP contribution in [0, 0.1) is 19.7 Å². The molecule has 0 amide bonds. The summed E-state index contributed by atoms with van der Waals surface area (Å²) in [6.07, 6.45) is 1.68. The number of benzene rings is 2. The molecule has 0 saturated carbocycles. The molecule has 2 aromatic carbocycles. The van der Waals surface area contributed by atoms with E-state index in [1.54, 1.807) is 16.9 Å². The summed E-state index contributed by atoms with van der Waals surface area (Å²) < 4.78 is 14.9. The molecule has 0 spiro atoms. The maximum absolute atomic E-state index is 13.3. The van der Waals surface area contributed by atoms with Crippen LogP contribution in [0.25, 0.3) is 0 Å². The van der Waals surface area contributed by atoms with Crippen molar-refractivity contribution >= 4 is 40.4 Å². The zero-order chi connectivity index (χ0) is 18.7. The lowest BCUT2D eigenvalue weighted by Gasteiger charge is -2.12. The predicted octanol–water partition coefficient (Wildman–Crippen LogP) is 5.15. The predicted molar refractivity (Wildman–Crippen MR) is 108 cm³/mol. The highest BCUT2D eigenvalue weighted by Gasteiger charge is 2.10. The van der Waals surface area contributed by atoms with E-state index in [-0.39, 0.29) is 5.82 Å². The quantitative estimate of drug-likeness (QED) is 0.606. The summed E-state index contributed by atoms with van der Waals surface area (Å²) in [5, 5.41) is 11.4. The first-order valence-corrected chi connectivity index (χ1v) is 8.82. The van der Waals surface area contributed by atoms with Crippen LogP contribution in [0.3, 0.4) is 0 Å². The van der Waals surface area contributed by atoms with Crippen molar-refractivity contribution in [3.05, 3.63) is 76.2 Å². The molecule has 0 saturated heterocycles. The number of halogens is 2. The number of hydrogen-bond acceptors (Lipinski definition) is 2. The summed E-state index contributed by atoms with van der Waals surface area (Å²) in [7, 11) is 0. The fourth-order valence-electron chi connectivity index (χ4n) is 2.60. The van der Waals surface area contributed by atoms with E-state index >= 15 is 0 Å². The summed E-state index contributed by atoms with van der Waals surface area (Å²) in [6, 6.07) is 12.4. The first kappa shape index (κ1) is 18.4. The number of nitrogens with one attached hydrogen (secondary N) is 2. The van der Waals surface area contributed by atoms with Gasteiger partial charge in [-0.05, 0) is 55.4 Å². The van der Waals surface area contributed by atoms with Crippen molar-refractivity contribution in [2.75, 3.05) is 10.6 Å². The molecular weight excluding hydrogens is 371 g/mol. The number of hydrogen-bond donors (Lipinski definition) is 2. The summed E-state index contributed by atoms with van der Waals surface area (Å²) in [6.45, 7) is 4.47. The summed E-state index contributed by atoms with van der Waals surface area (Å²) in [5.41, 5.74) is 4.00. The molecule has 3 rings (SSSR count). The minimum absolute atomic E-state index is 0.280. The normalized spacial score (nSPS) is 10.6. The molecule has 0 unspecified atom stereocenters. The van der Waals surface area contributed by atoms with Crippen molar-refractivity contribution in [2.45, 2.75) is 20.4 Å². The van der Waals surface area contributed by atoms with Crippen LogP contribution in [0.2, 0.25) is 5.02 Å². The van der Waals surface area contributed by atoms with Crippen molar-refractivity contribution < 1.29 is 4.39 Å². The molecule has 0 aliphatic rings. The van der Waals surface area contributed by atoms with Crippen LogP contribution in [0.4, 0.5) is 15.9 Å². The van der Waals surface area contributed by atoms with E-state index in [2.05, 4.69) is 21.8 Å². The molecule has 0 radical (unpaired) electrons. The van der Waals surface area contributed by atoms with Crippen LogP contribution in [-0.2, 0) is 6.54 Å². The Hall–Kier alpha value is -2.44. The fourth-order valence-corrected chi connectivity index (χ4v) is 3.00. The van der Waals surface area contributed by atoms with Crippen LogP contribution >= 0.6 is 23.8 Å². The van der Waals surface area contributed by atoms with Crippen molar-refractivity contribution in [3.63, 3.8) is 0 Å². The molecule has 0 bridgehead atoms. The van der Waals surface area contributed by atoms with E-state index in [1.807, 2.05) is 32.0 Å². The highest BCUT2D eigenvalue weighted by atomic mass is 35.5. The first-order valence-electron chi connectivity index (χ1n) is 8.03. The van der Waals surface area contributed by atoms with Crippen molar-refractivity contribution in [2.24, 2.45) is 0 Å². The Morgan fingerprint density at radius 2 is 2.00 bits per heavy atom. The molecule has 134 valence electrons. The number of anilines is 2. The molecule has 1 aromatic heterocycles. The standard InChI is InChI=1S/C19H18ClFN4S/c1-12-6-7-17(13(2)8-12)22-19(26)23-18-16(20)11-25(24-18)10-14-4-3-5-15(21)9-14/h3-9,11H,10H2,1-2H3,(H2,22,23,24,26). The Labute approximate surface area is 162 Å². The largest absolute Gasteiger partial charge is 0.332 e. The van der Waals surface area contributed by atoms with Gasteiger partial charge in [0.2, 0.25) is 0 Å². The molecule has 0 aliphatic carbocycles. The minimum atomic E-state index is -0.280. The highest BCUT2D eigenvalue weighted by molar-refractivity contribution is 7.80. The molecule has 26 heavy (non-hydrogen) atoms. The average Bonchev–Trinajstić information content (AvgIpc) is 2.89. The summed E-state index contributed by atoms with van der Waals surface area (Å²) in [5.74, 6) is 0.170. The van der Waals surface area contributed by atoms with Crippen LogP contribution < -0.4 is 10.6 Å². The van der Waals surface area contributed by atoms with Gasteiger partial charge in [-0.1, -0.05) is 41.4 Å². The zero-order valence-corrected chi connectivity index (χ0v) is 16.0. The smallest absolute Gasteiger partial charge is 0.176 e. The minimum Gasteiger partial charge on any atom is -0.332 e. The van der Waals surface area contributed by atoms with Gasteiger partial charge in [-0.25, -0.2) is 4.39 Å². The highest BCUT2D eigenvalue weighted by Crippen LogP contribution is 2.21. The van der Waals surface area contributed by atoms with Gasteiger partial charge < -0.3 is 10.6 Å². The third kappa shape index (κ3) is 4.59. The molecule has 2 N–H and O–H groups in total. The maximum atomic E-state index is 13.3. The fraction of sp³-hybridized carbons (Fsp3) is 0.158. The molecule has 0 fully saturated rings. The lowest BCUT2D eigenvalue weighted by molar-refractivity contribution is 0.619. The van der Waals surface area contributed by atoms with Gasteiger partial charge in [-0.2, -0.15) is 5.10 Å². The molecule has 0 aliphatic heterocycles. The van der Waals surface area contributed by atoms with Crippen LogP contribution in [0.15, 0.2) is 48.7 Å². The Morgan fingerprint density at radius 3 is 2.73 bits per heavy atom. The summed E-state index contributed by atoms with van der Waals surface area (Å²) >= 11 is 11.6. The van der Waals surface area contributed by atoms with Crippen LogP contribution in [0.1, 0.15) is 16.7 Å². The SMILES string of the molecule is Cc1ccc(NC(=S)Nc2nn(Cc3cccc(F)c3)cc2Cl)c(C)c1. The first-order chi connectivity index (χ1) is 12.4. The Balaban J connectivity index is 1.68. The second-order valence-corrected chi connectivity index (χ2v) is 6.87. The van der Waals surface area contributed by atoms with E-state index in [9.17, 15) is 4.39 Å². The summed E-state index contributed by atoms with van der Waals surface area (Å²) in [4.78, 5) is 0. The van der Waals surface area contributed by atoms with E-state index in [0.29, 0.717) is 22.5 Å². The van der Waals surface area contributed by atoms with Gasteiger partial charge in [-0.3, -0.25) is 4.68 Å². The van der Waals surface area contributed by atoms with Gasteiger partial charge in [0.05, 0.1) is 6.54 Å². The Morgan fingerprint density at radius 1 is 1.19 bits per heavy atom. The number of rotatable bonds is 4. The molecule has 7 heteroatoms. The molecule has 4 nitrogen and oxygen atoms in total. The van der Waals surface area contributed by atoms with Gasteiger partial charge in [-0.15, -0.1) is 0 Å². The monoisotopic (exact) mass is 388 g/mol. The molecular formula is C19H18ClFN4S. The van der Waals surface area contributed by atoms with Crippen molar-refractivity contribution in [3.8, 4) is 0 Å². The van der Waals surface area contributed by atoms with Gasteiger partial charge in [0.1, 0.15) is 10.8 Å². The van der Waals surface area contributed by atoms with Crippen molar-refractivity contribution in [1.29, 1.82) is 0 Å². The Bertz CT molecular complexity index is 954. The van der Waals surface area contributed by atoms with Crippen molar-refractivity contribution in [1.82, 2.24) is 9.78 Å². The zero-order valence-electron chi connectivity index (χ0n) is 14.4. The van der Waals surface area contributed by atoms with Gasteiger partial charge >= 0.3 is 0 Å². The number of nitrogens with zero attached hydrogens (tertiary/aromatic N) is 2. The molecule has 3 aromatic rings. The number of aromatic nitrogens is 2. The van der Waals surface area contributed by atoms with Crippen LogP contribution in [0.5, 0.6) is 0 Å². The van der Waals surface area contributed by atoms with Crippen LogP contribution in [-0.4, -0.2) is 14.9 Å². The van der Waals surface area contributed by atoms with Gasteiger partial charge in [0, 0.05) is 11.9 Å². The average molecular weight is 389 g/mol. The lowest BCUT2D eigenvalue weighted by Crippen LogP contribution is -2.20. The van der Waals surface area contributed by atoms with E-state index < -0.39 is 0 Å². The maximum Gasteiger partial charge on any atom is 0.176 e. The third-order valence-electron chi connectivity index (χ3n) is 3.81. The Kier molecular flexibility index (Phi) is 5.54. The number of thiocarbonyl (C=S) groups is 1. The van der Waals surface area contributed by atoms with Gasteiger partial charge in [0.15, 0.2) is 10.9 Å². The van der Waals surface area contributed by atoms with Gasteiger partial charge in [0.25, 0.3) is 0 Å². The molecule has 0 atom stereocenters. The second-order valence-electron chi connectivity index (χ2n) is 6.05. The molecule has 1 heterocycles. The third-order valence-corrected chi connectivity index (χ3v) is 4.29. The number of aryl methyl sites for hydroxylation is 2. The van der Waals surface area contributed by atoms with E-state index in [1.165, 1.54) is 17.7 Å².